The van der Waals surface area contributed by atoms with E-state index in [0.29, 0.717) is 22.2 Å². The zero-order valence-electron chi connectivity index (χ0n) is 14.8. The van der Waals surface area contributed by atoms with Gasteiger partial charge >= 0.3 is 0 Å². The van der Waals surface area contributed by atoms with E-state index in [0.717, 1.165) is 6.29 Å². The zero-order valence-corrected chi connectivity index (χ0v) is 14.8. The van der Waals surface area contributed by atoms with Crippen LogP contribution in [0.15, 0.2) is 65.1 Å². The Kier molecular flexibility index (Phi) is 4.12. The molecular formula is C21H14N2O5. The first-order valence-corrected chi connectivity index (χ1v) is 8.46. The van der Waals surface area contributed by atoms with Gasteiger partial charge in [0.1, 0.15) is 5.76 Å². The van der Waals surface area contributed by atoms with Crippen LogP contribution in [0.3, 0.4) is 0 Å². The monoisotopic (exact) mass is 374 g/mol. The van der Waals surface area contributed by atoms with Gasteiger partial charge in [0, 0.05) is 22.7 Å². The second-order valence-electron chi connectivity index (χ2n) is 6.21. The molecule has 2 heterocycles. The van der Waals surface area contributed by atoms with Crippen molar-refractivity contribution in [2.24, 2.45) is 0 Å². The molecule has 0 bridgehead atoms. The van der Waals surface area contributed by atoms with E-state index in [-0.39, 0.29) is 22.8 Å². The lowest BCUT2D eigenvalue weighted by Crippen LogP contribution is -2.12. The van der Waals surface area contributed by atoms with Crippen LogP contribution in [0.5, 0.6) is 0 Å². The Morgan fingerprint density at radius 3 is 2.54 bits per heavy atom. The van der Waals surface area contributed by atoms with Crippen molar-refractivity contribution in [3.8, 4) is 11.3 Å². The Morgan fingerprint density at radius 1 is 1.07 bits per heavy atom. The molecule has 2 aromatic carbocycles. The van der Waals surface area contributed by atoms with Crippen LogP contribution in [0.4, 0.5) is 5.69 Å². The first-order chi connectivity index (χ1) is 13.5. The number of hydrogen-bond donors (Lipinski definition) is 0. The summed E-state index contributed by atoms with van der Waals surface area (Å²) in [5.41, 5.74) is 1.71. The number of aromatic nitrogens is 1. The van der Waals surface area contributed by atoms with Gasteiger partial charge in [-0.1, -0.05) is 30.3 Å². The molecule has 0 radical (unpaired) electrons. The Balaban J connectivity index is 1.82. The number of carbonyl (C=O) groups excluding carboxylic acids is 2. The number of nitrogens with zero attached hydrogens (tertiary/aromatic N) is 2. The predicted molar refractivity (Wildman–Crippen MR) is 103 cm³/mol. The van der Waals surface area contributed by atoms with Gasteiger partial charge in [0.05, 0.1) is 16.0 Å². The maximum atomic E-state index is 13.1. The Hall–Kier alpha value is -4.00. The highest BCUT2D eigenvalue weighted by Gasteiger charge is 2.23. The van der Waals surface area contributed by atoms with Gasteiger partial charge in [-0.25, -0.2) is 0 Å². The molecule has 0 aliphatic heterocycles. The molecule has 0 saturated carbocycles. The third-order valence-electron chi connectivity index (χ3n) is 4.66. The van der Waals surface area contributed by atoms with Gasteiger partial charge in [-0.05, 0) is 31.2 Å². The number of hydrogen-bond acceptors (Lipinski definition) is 5. The minimum atomic E-state index is -0.501. The molecule has 0 spiro atoms. The molecule has 7 nitrogen and oxygen atoms in total. The largest absolute Gasteiger partial charge is 0.451 e. The number of fused-ring (bicyclic) bond motifs is 1. The van der Waals surface area contributed by atoms with Crippen molar-refractivity contribution >= 4 is 28.8 Å². The van der Waals surface area contributed by atoms with Crippen LogP contribution in [-0.4, -0.2) is 21.7 Å². The lowest BCUT2D eigenvalue weighted by atomic mass is 10.1. The van der Waals surface area contributed by atoms with Crippen LogP contribution >= 0.6 is 0 Å². The zero-order chi connectivity index (χ0) is 19.8. The van der Waals surface area contributed by atoms with E-state index in [1.54, 1.807) is 49.4 Å². The van der Waals surface area contributed by atoms with E-state index in [1.807, 2.05) is 0 Å². The molecule has 7 heteroatoms. The smallest absolute Gasteiger partial charge is 0.298 e. The van der Waals surface area contributed by atoms with Crippen molar-refractivity contribution in [1.29, 1.82) is 0 Å². The Bertz CT molecular complexity index is 1250. The third-order valence-corrected chi connectivity index (χ3v) is 4.66. The van der Waals surface area contributed by atoms with Gasteiger partial charge in [-0.3, -0.25) is 24.3 Å². The SMILES string of the molecule is Cc1c(C=O)c2ccccc2n1C(=O)c1ccc(-c2ccccc2[N+](=O)[O-])o1. The van der Waals surface area contributed by atoms with Crippen molar-refractivity contribution in [3.05, 3.63) is 87.8 Å². The fourth-order valence-corrected chi connectivity index (χ4v) is 3.35. The highest BCUT2D eigenvalue weighted by atomic mass is 16.6. The molecule has 0 saturated heterocycles. The van der Waals surface area contributed by atoms with Crippen LogP contribution in [0, 0.1) is 17.0 Å². The van der Waals surface area contributed by atoms with Crippen LogP contribution in [-0.2, 0) is 0 Å². The molecule has 0 fully saturated rings. The van der Waals surface area contributed by atoms with Crippen molar-refractivity contribution in [1.82, 2.24) is 4.57 Å². The molecule has 2 aromatic heterocycles. The first-order valence-electron chi connectivity index (χ1n) is 8.46. The molecule has 4 rings (SSSR count). The number of nitro benzene ring substituents is 1. The van der Waals surface area contributed by atoms with E-state index in [9.17, 15) is 19.7 Å². The molecular weight excluding hydrogens is 360 g/mol. The van der Waals surface area contributed by atoms with E-state index in [1.165, 1.54) is 22.8 Å². The molecule has 0 N–H and O–H groups in total. The van der Waals surface area contributed by atoms with Gasteiger partial charge in [0.2, 0.25) is 0 Å². The number of para-hydroxylation sites is 2. The summed E-state index contributed by atoms with van der Waals surface area (Å²) in [4.78, 5) is 35.3. The topological polar surface area (TPSA) is 95.3 Å². The minimum Gasteiger partial charge on any atom is -0.451 e. The van der Waals surface area contributed by atoms with Crippen molar-refractivity contribution in [2.75, 3.05) is 0 Å². The van der Waals surface area contributed by atoms with Gasteiger partial charge in [-0.15, -0.1) is 0 Å². The maximum Gasteiger partial charge on any atom is 0.298 e. The van der Waals surface area contributed by atoms with Crippen LogP contribution in [0.1, 0.15) is 26.6 Å². The summed E-state index contributed by atoms with van der Waals surface area (Å²) in [6.45, 7) is 1.69. The number of benzene rings is 2. The number of nitro groups is 1. The molecule has 28 heavy (non-hydrogen) atoms. The average molecular weight is 374 g/mol. The molecule has 0 unspecified atom stereocenters. The predicted octanol–water partition coefficient (Wildman–Crippen LogP) is 4.62. The van der Waals surface area contributed by atoms with E-state index < -0.39 is 10.8 Å². The standard InChI is InChI=1S/C21H14N2O5/c1-13-16(12-24)14-6-2-4-8-17(14)22(13)21(25)20-11-10-19(28-20)15-7-3-5-9-18(15)23(26)27/h2-12H,1H3. The maximum absolute atomic E-state index is 13.1. The third kappa shape index (κ3) is 2.61. The lowest BCUT2D eigenvalue weighted by molar-refractivity contribution is -0.384. The second kappa shape index (κ2) is 6.62. The summed E-state index contributed by atoms with van der Waals surface area (Å²) in [7, 11) is 0. The Labute approximate surface area is 159 Å². The van der Waals surface area contributed by atoms with E-state index in [2.05, 4.69) is 0 Å². The summed E-state index contributed by atoms with van der Waals surface area (Å²) >= 11 is 0. The molecule has 0 aliphatic rings. The lowest BCUT2D eigenvalue weighted by Gasteiger charge is -2.05. The molecule has 0 atom stereocenters. The quantitative estimate of drug-likeness (QED) is 0.295. The summed E-state index contributed by atoms with van der Waals surface area (Å²) in [6, 6.07) is 16.3. The van der Waals surface area contributed by atoms with Crippen molar-refractivity contribution in [3.63, 3.8) is 0 Å². The first kappa shape index (κ1) is 17.4. The highest BCUT2D eigenvalue weighted by Crippen LogP contribution is 2.32. The van der Waals surface area contributed by atoms with Crippen LogP contribution in [0.2, 0.25) is 0 Å². The normalized spacial score (nSPS) is 10.9. The summed E-state index contributed by atoms with van der Waals surface area (Å²) in [6.07, 6.45) is 0.725. The molecule has 138 valence electrons. The average Bonchev–Trinajstić information content (AvgIpc) is 3.30. The van der Waals surface area contributed by atoms with E-state index in [4.69, 9.17) is 4.42 Å². The fourth-order valence-electron chi connectivity index (χ4n) is 3.35. The number of rotatable bonds is 4. The Morgan fingerprint density at radius 2 is 1.79 bits per heavy atom. The fraction of sp³-hybridized carbons (Fsp3) is 0.0476. The number of aldehydes is 1. The highest BCUT2D eigenvalue weighted by molar-refractivity contribution is 6.07. The minimum absolute atomic E-state index is 0.0226. The second-order valence-corrected chi connectivity index (χ2v) is 6.21. The van der Waals surface area contributed by atoms with Gasteiger partial charge in [0.15, 0.2) is 12.0 Å². The van der Waals surface area contributed by atoms with Crippen molar-refractivity contribution < 1.29 is 18.9 Å². The summed E-state index contributed by atoms with van der Waals surface area (Å²) in [5.74, 6) is -0.207. The van der Waals surface area contributed by atoms with Gasteiger partial charge in [-0.2, -0.15) is 0 Å². The number of furan rings is 1. The van der Waals surface area contributed by atoms with Crippen molar-refractivity contribution in [2.45, 2.75) is 6.92 Å². The summed E-state index contributed by atoms with van der Waals surface area (Å²) < 4.78 is 7.08. The van der Waals surface area contributed by atoms with Crippen LogP contribution < -0.4 is 0 Å². The van der Waals surface area contributed by atoms with Gasteiger partial charge < -0.3 is 4.42 Å². The summed E-state index contributed by atoms with van der Waals surface area (Å²) in [5, 5.41) is 11.9. The van der Waals surface area contributed by atoms with Gasteiger partial charge in [0.25, 0.3) is 11.6 Å². The van der Waals surface area contributed by atoms with E-state index >= 15 is 0 Å². The number of carbonyl (C=O) groups is 2. The molecule has 4 aromatic rings. The molecule has 0 amide bonds. The molecule has 0 aliphatic carbocycles. The van der Waals surface area contributed by atoms with Crippen LogP contribution in [0.25, 0.3) is 22.2 Å².